The van der Waals surface area contributed by atoms with Crippen LogP contribution in [0.25, 0.3) is 0 Å². The first-order chi connectivity index (χ1) is 10.3. The first kappa shape index (κ1) is 16.4. The van der Waals surface area contributed by atoms with Crippen LogP contribution >= 0.6 is 11.6 Å². The Balaban J connectivity index is 2.04. The van der Waals surface area contributed by atoms with E-state index in [4.69, 9.17) is 16.3 Å². The van der Waals surface area contributed by atoms with Crippen LogP contribution in [0.5, 0.6) is 5.75 Å². The van der Waals surface area contributed by atoms with Crippen LogP contribution in [0.3, 0.4) is 0 Å². The molecule has 0 radical (unpaired) electrons. The monoisotopic (exact) mass is 317 g/mol. The van der Waals surface area contributed by atoms with Crippen molar-refractivity contribution in [2.75, 3.05) is 5.32 Å². The van der Waals surface area contributed by atoms with Crippen LogP contribution in [0.4, 0.5) is 5.69 Å². The minimum absolute atomic E-state index is 0.209. The number of benzene rings is 2. The van der Waals surface area contributed by atoms with E-state index in [1.165, 1.54) is 0 Å². The highest BCUT2D eigenvalue weighted by atomic mass is 35.5. The van der Waals surface area contributed by atoms with Gasteiger partial charge in [0.25, 0.3) is 5.91 Å². The molecule has 0 heterocycles. The molecule has 1 atom stereocenters. The molecular formula is C18H20ClNO2. The van der Waals surface area contributed by atoms with Crippen molar-refractivity contribution in [3.63, 3.8) is 0 Å². The molecule has 0 fully saturated rings. The third-order valence-electron chi connectivity index (χ3n) is 3.32. The van der Waals surface area contributed by atoms with E-state index in [0.717, 1.165) is 16.7 Å². The van der Waals surface area contributed by atoms with Gasteiger partial charge in [0.05, 0.1) is 0 Å². The third kappa shape index (κ3) is 4.25. The Bertz CT molecular complexity index is 677. The van der Waals surface area contributed by atoms with Crippen molar-refractivity contribution in [3.8, 4) is 5.75 Å². The number of amides is 1. The first-order valence-corrected chi connectivity index (χ1v) is 7.55. The van der Waals surface area contributed by atoms with Gasteiger partial charge in [-0.1, -0.05) is 23.7 Å². The zero-order valence-corrected chi connectivity index (χ0v) is 14.0. The maximum atomic E-state index is 12.2. The summed E-state index contributed by atoms with van der Waals surface area (Å²) < 4.78 is 5.72. The molecule has 0 aromatic heterocycles. The van der Waals surface area contributed by atoms with Gasteiger partial charge in [0.2, 0.25) is 0 Å². The summed E-state index contributed by atoms with van der Waals surface area (Å²) in [6.45, 7) is 7.64. The van der Waals surface area contributed by atoms with Gasteiger partial charge in [-0.25, -0.2) is 0 Å². The highest BCUT2D eigenvalue weighted by Gasteiger charge is 2.15. The minimum atomic E-state index is -0.596. The Morgan fingerprint density at radius 3 is 2.32 bits per heavy atom. The van der Waals surface area contributed by atoms with E-state index in [1.54, 1.807) is 13.0 Å². The summed E-state index contributed by atoms with van der Waals surface area (Å²) in [5.41, 5.74) is 3.84. The van der Waals surface area contributed by atoms with Gasteiger partial charge in [0, 0.05) is 10.7 Å². The van der Waals surface area contributed by atoms with Crippen LogP contribution in [0.2, 0.25) is 5.02 Å². The quantitative estimate of drug-likeness (QED) is 0.889. The number of carbonyl (C=O) groups is 1. The van der Waals surface area contributed by atoms with Crippen LogP contribution in [0, 0.1) is 20.8 Å². The lowest BCUT2D eigenvalue weighted by Crippen LogP contribution is -2.30. The van der Waals surface area contributed by atoms with E-state index >= 15 is 0 Å². The summed E-state index contributed by atoms with van der Waals surface area (Å²) in [6.07, 6.45) is -0.596. The Labute approximate surface area is 136 Å². The van der Waals surface area contributed by atoms with Crippen molar-refractivity contribution in [1.82, 2.24) is 0 Å². The molecule has 0 spiro atoms. The number of hydrogen-bond acceptors (Lipinski definition) is 2. The Morgan fingerprint density at radius 1 is 1.09 bits per heavy atom. The molecule has 2 rings (SSSR count). The van der Waals surface area contributed by atoms with E-state index < -0.39 is 6.10 Å². The number of aryl methyl sites for hydroxylation is 3. The lowest BCUT2D eigenvalue weighted by atomic mass is 10.1. The molecule has 116 valence electrons. The second kappa shape index (κ2) is 6.84. The van der Waals surface area contributed by atoms with Gasteiger partial charge in [0.15, 0.2) is 6.10 Å². The van der Waals surface area contributed by atoms with Gasteiger partial charge in [-0.3, -0.25) is 4.79 Å². The Morgan fingerprint density at radius 2 is 1.73 bits per heavy atom. The normalized spacial score (nSPS) is 11.9. The molecule has 0 saturated carbocycles. The molecule has 0 unspecified atom stereocenters. The van der Waals surface area contributed by atoms with Crippen LogP contribution in [-0.2, 0) is 4.79 Å². The SMILES string of the molecule is Cc1cc(C)cc(O[C@H](C)C(=O)Nc2ccc(C)c(Cl)c2)c1. The van der Waals surface area contributed by atoms with Crippen molar-refractivity contribution in [1.29, 1.82) is 0 Å². The van der Waals surface area contributed by atoms with E-state index in [-0.39, 0.29) is 5.91 Å². The van der Waals surface area contributed by atoms with Crippen LogP contribution in [0.15, 0.2) is 36.4 Å². The van der Waals surface area contributed by atoms with E-state index in [9.17, 15) is 4.79 Å². The zero-order chi connectivity index (χ0) is 16.3. The van der Waals surface area contributed by atoms with Crippen LogP contribution in [-0.4, -0.2) is 12.0 Å². The molecule has 2 aromatic carbocycles. The second-order valence-electron chi connectivity index (χ2n) is 5.54. The van der Waals surface area contributed by atoms with Gasteiger partial charge >= 0.3 is 0 Å². The molecule has 22 heavy (non-hydrogen) atoms. The third-order valence-corrected chi connectivity index (χ3v) is 3.72. The number of anilines is 1. The molecule has 2 aromatic rings. The number of hydrogen-bond donors (Lipinski definition) is 1. The topological polar surface area (TPSA) is 38.3 Å². The van der Waals surface area contributed by atoms with Crippen LogP contribution in [0.1, 0.15) is 23.6 Å². The lowest BCUT2D eigenvalue weighted by molar-refractivity contribution is -0.122. The molecule has 0 bridgehead atoms. The van der Waals surface area contributed by atoms with Gasteiger partial charge in [0.1, 0.15) is 5.75 Å². The molecule has 0 saturated heterocycles. The maximum absolute atomic E-state index is 12.2. The molecule has 0 aliphatic carbocycles. The van der Waals surface area contributed by atoms with Crippen molar-refractivity contribution in [2.24, 2.45) is 0 Å². The van der Waals surface area contributed by atoms with E-state index in [0.29, 0.717) is 16.5 Å². The Kier molecular flexibility index (Phi) is 5.09. The van der Waals surface area contributed by atoms with Crippen LogP contribution < -0.4 is 10.1 Å². The summed E-state index contributed by atoms with van der Waals surface area (Å²) in [7, 11) is 0. The van der Waals surface area contributed by atoms with Crippen molar-refractivity contribution >= 4 is 23.2 Å². The van der Waals surface area contributed by atoms with Crippen molar-refractivity contribution in [3.05, 3.63) is 58.1 Å². The summed E-state index contributed by atoms with van der Waals surface area (Å²) in [5, 5.41) is 3.44. The second-order valence-corrected chi connectivity index (χ2v) is 5.94. The van der Waals surface area contributed by atoms with Crippen molar-refractivity contribution in [2.45, 2.75) is 33.8 Å². The Hall–Kier alpha value is -2.00. The summed E-state index contributed by atoms with van der Waals surface area (Å²) in [4.78, 5) is 12.2. The molecule has 0 aliphatic rings. The largest absolute Gasteiger partial charge is 0.481 e. The number of rotatable bonds is 4. The van der Waals surface area contributed by atoms with Gasteiger partial charge in [-0.2, -0.15) is 0 Å². The smallest absolute Gasteiger partial charge is 0.265 e. The van der Waals surface area contributed by atoms with Crippen molar-refractivity contribution < 1.29 is 9.53 Å². The fourth-order valence-corrected chi connectivity index (χ4v) is 2.35. The van der Waals surface area contributed by atoms with E-state index in [2.05, 4.69) is 11.4 Å². The standard InChI is InChI=1S/C18H20ClNO2/c1-11-7-12(2)9-16(8-11)22-14(4)18(21)20-15-6-5-13(3)17(19)10-15/h5-10,14H,1-4H3,(H,20,21)/t14-/m1/s1. The van der Waals surface area contributed by atoms with Gasteiger partial charge in [-0.05, 0) is 68.7 Å². The molecule has 0 aliphatic heterocycles. The lowest BCUT2D eigenvalue weighted by Gasteiger charge is -2.16. The molecular weight excluding hydrogens is 298 g/mol. The predicted molar refractivity (Wildman–Crippen MR) is 90.8 cm³/mol. The van der Waals surface area contributed by atoms with E-state index in [1.807, 2.05) is 45.0 Å². The summed E-state index contributed by atoms with van der Waals surface area (Å²) in [6, 6.07) is 11.3. The highest BCUT2D eigenvalue weighted by molar-refractivity contribution is 6.31. The predicted octanol–water partition coefficient (Wildman–Crippen LogP) is 4.67. The molecule has 1 amide bonds. The molecule has 3 nitrogen and oxygen atoms in total. The van der Waals surface area contributed by atoms with Gasteiger partial charge < -0.3 is 10.1 Å². The summed E-state index contributed by atoms with van der Waals surface area (Å²) in [5.74, 6) is 0.487. The molecule has 4 heteroatoms. The average Bonchev–Trinajstić information content (AvgIpc) is 2.41. The highest BCUT2D eigenvalue weighted by Crippen LogP contribution is 2.21. The summed E-state index contributed by atoms with van der Waals surface area (Å²) >= 11 is 6.06. The van der Waals surface area contributed by atoms with Gasteiger partial charge in [-0.15, -0.1) is 0 Å². The maximum Gasteiger partial charge on any atom is 0.265 e. The number of nitrogens with one attached hydrogen (secondary N) is 1. The number of carbonyl (C=O) groups excluding carboxylic acids is 1. The fourth-order valence-electron chi connectivity index (χ4n) is 2.17. The average molecular weight is 318 g/mol. The fraction of sp³-hybridized carbons (Fsp3) is 0.278. The minimum Gasteiger partial charge on any atom is -0.481 e. The molecule has 1 N–H and O–H groups in total. The number of halogens is 1. The zero-order valence-electron chi connectivity index (χ0n) is 13.2. The number of ether oxygens (including phenoxy) is 1. The first-order valence-electron chi connectivity index (χ1n) is 7.17.